The van der Waals surface area contributed by atoms with Gasteiger partial charge in [-0.05, 0) is 19.5 Å². The maximum Gasteiger partial charge on any atom is 0.0719 e. The van der Waals surface area contributed by atoms with Crippen molar-refractivity contribution < 1.29 is 0 Å². The van der Waals surface area contributed by atoms with Crippen LogP contribution < -0.4 is 5.30 Å². The van der Waals surface area contributed by atoms with Crippen LogP contribution in [0.5, 0.6) is 0 Å². The van der Waals surface area contributed by atoms with Gasteiger partial charge in [0.2, 0.25) is 0 Å². The molecule has 0 N–H and O–H groups in total. The van der Waals surface area contributed by atoms with E-state index in [0.29, 0.717) is 5.41 Å². The van der Waals surface area contributed by atoms with Gasteiger partial charge in [-0.1, -0.05) is 44.2 Å². The highest BCUT2D eigenvalue weighted by Crippen LogP contribution is 2.47. The van der Waals surface area contributed by atoms with E-state index >= 15 is 0 Å². The Morgan fingerprint density at radius 3 is 2.00 bits per heavy atom. The topological polar surface area (TPSA) is 6.48 Å². The second-order valence-electron chi connectivity index (χ2n) is 5.42. The van der Waals surface area contributed by atoms with Crippen molar-refractivity contribution in [2.45, 2.75) is 13.8 Å². The van der Waals surface area contributed by atoms with E-state index in [2.05, 4.69) is 67.6 Å². The van der Waals surface area contributed by atoms with Crippen LogP contribution in [0.1, 0.15) is 13.8 Å². The first-order chi connectivity index (χ1) is 7.49. The molecule has 1 aromatic rings. The lowest BCUT2D eigenvalue weighted by Gasteiger charge is -2.47. The van der Waals surface area contributed by atoms with Crippen molar-refractivity contribution in [3.63, 3.8) is 0 Å². The molecule has 0 amide bonds. The van der Waals surface area contributed by atoms with Crippen molar-refractivity contribution in [2.75, 3.05) is 27.2 Å². The van der Waals surface area contributed by atoms with E-state index < -0.39 is 0 Å². The second-order valence-corrected chi connectivity index (χ2v) is 7.88. The Balaban J connectivity index is 2.23. The highest BCUT2D eigenvalue weighted by molar-refractivity contribution is 7.61. The van der Waals surface area contributed by atoms with E-state index in [1.54, 1.807) is 0 Å². The van der Waals surface area contributed by atoms with Gasteiger partial charge in [0, 0.05) is 18.4 Å². The molecule has 0 spiro atoms. The fourth-order valence-electron chi connectivity index (χ4n) is 2.64. The number of benzene rings is 1. The van der Waals surface area contributed by atoms with E-state index in [0.717, 1.165) is 0 Å². The third-order valence-corrected chi connectivity index (χ3v) is 5.28. The van der Waals surface area contributed by atoms with Crippen LogP contribution in [0, 0.1) is 5.41 Å². The minimum Gasteiger partial charge on any atom is -0.269 e. The number of hydrogen-bond donors (Lipinski definition) is 0. The van der Waals surface area contributed by atoms with Gasteiger partial charge >= 0.3 is 0 Å². The van der Waals surface area contributed by atoms with Crippen LogP contribution in [-0.2, 0) is 0 Å². The molecule has 1 aromatic carbocycles. The summed E-state index contributed by atoms with van der Waals surface area (Å²) in [6, 6.07) is 10.9. The second kappa shape index (κ2) is 4.44. The highest BCUT2D eigenvalue weighted by atomic mass is 31.1. The Morgan fingerprint density at radius 2 is 1.50 bits per heavy atom. The van der Waals surface area contributed by atoms with Gasteiger partial charge in [0.15, 0.2) is 0 Å². The molecule has 0 radical (unpaired) electrons. The SMILES string of the molecule is CN1CC(C)(C)CN(C)P1c1ccccc1. The van der Waals surface area contributed by atoms with E-state index in [4.69, 9.17) is 0 Å². The zero-order valence-electron chi connectivity index (χ0n) is 10.6. The van der Waals surface area contributed by atoms with Crippen molar-refractivity contribution in [1.29, 1.82) is 0 Å². The summed E-state index contributed by atoms with van der Waals surface area (Å²) in [5, 5.41) is 1.46. The molecule has 1 heterocycles. The minimum atomic E-state index is -0.281. The molecule has 2 rings (SSSR count). The van der Waals surface area contributed by atoms with Crippen LogP contribution in [0.25, 0.3) is 0 Å². The molecule has 3 heteroatoms. The van der Waals surface area contributed by atoms with Gasteiger partial charge in [-0.3, -0.25) is 9.34 Å². The number of rotatable bonds is 1. The van der Waals surface area contributed by atoms with Crippen molar-refractivity contribution in [3.05, 3.63) is 30.3 Å². The van der Waals surface area contributed by atoms with Crippen LogP contribution in [-0.4, -0.2) is 36.5 Å². The minimum absolute atomic E-state index is 0.281. The fraction of sp³-hybridized carbons (Fsp3) is 0.538. The highest BCUT2D eigenvalue weighted by Gasteiger charge is 2.35. The average Bonchev–Trinajstić information content (AvgIpc) is 2.16. The Morgan fingerprint density at radius 1 is 1.00 bits per heavy atom. The van der Waals surface area contributed by atoms with E-state index in [9.17, 15) is 0 Å². The predicted octanol–water partition coefficient (Wildman–Crippen LogP) is 2.53. The summed E-state index contributed by atoms with van der Waals surface area (Å²) in [4.78, 5) is 0. The largest absolute Gasteiger partial charge is 0.269 e. The van der Waals surface area contributed by atoms with E-state index in [-0.39, 0.29) is 8.22 Å². The number of nitrogens with zero attached hydrogens (tertiary/aromatic N) is 2. The van der Waals surface area contributed by atoms with Gasteiger partial charge in [0.1, 0.15) is 0 Å². The molecule has 2 nitrogen and oxygen atoms in total. The molecular weight excluding hydrogens is 215 g/mol. The molecule has 16 heavy (non-hydrogen) atoms. The third kappa shape index (κ3) is 2.45. The van der Waals surface area contributed by atoms with Crippen molar-refractivity contribution in [3.8, 4) is 0 Å². The zero-order chi connectivity index (χ0) is 11.8. The molecular formula is C13H21N2P. The molecule has 1 fully saturated rings. The maximum absolute atomic E-state index is 2.51. The zero-order valence-corrected chi connectivity index (χ0v) is 11.5. The van der Waals surface area contributed by atoms with Crippen LogP contribution >= 0.6 is 8.22 Å². The van der Waals surface area contributed by atoms with Crippen LogP contribution in [0.15, 0.2) is 30.3 Å². The molecule has 0 atom stereocenters. The molecule has 88 valence electrons. The normalized spacial score (nSPS) is 23.5. The molecule has 0 unspecified atom stereocenters. The fourth-order valence-corrected chi connectivity index (χ4v) is 5.42. The third-order valence-electron chi connectivity index (χ3n) is 2.95. The molecule has 1 aliphatic heterocycles. The van der Waals surface area contributed by atoms with Gasteiger partial charge in [-0.25, -0.2) is 0 Å². The smallest absolute Gasteiger partial charge is 0.0719 e. The van der Waals surface area contributed by atoms with Crippen molar-refractivity contribution >= 4 is 13.5 Å². The Kier molecular flexibility index (Phi) is 3.34. The molecule has 1 saturated heterocycles. The standard InChI is InChI=1S/C13H21N2P/c1-13(2)10-14(3)16(15(4)11-13)12-8-6-5-7-9-12/h5-9H,10-11H2,1-4H3. The quantitative estimate of drug-likeness (QED) is 0.691. The summed E-state index contributed by atoms with van der Waals surface area (Å²) >= 11 is 0. The molecule has 0 bridgehead atoms. The van der Waals surface area contributed by atoms with Gasteiger partial charge in [0.05, 0.1) is 8.22 Å². The Labute approximate surface area is 100 Å². The van der Waals surface area contributed by atoms with Crippen LogP contribution in [0.3, 0.4) is 0 Å². The first-order valence-electron chi connectivity index (χ1n) is 5.77. The van der Waals surface area contributed by atoms with Crippen molar-refractivity contribution in [1.82, 2.24) is 9.34 Å². The lowest BCUT2D eigenvalue weighted by atomic mass is 9.93. The molecule has 0 aromatic heterocycles. The summed E-state index contributed by atoms with van der Waals surface area (Å²) < 4.78 is 5.02. The van der Waals surface area contributed by atoms with Crippen molar-refractivity contribution in [2.24, 2.45) is 5.41 Å². The predicted molar refractivity (Wildman–Crippen MR) is 72.0 cm³/mol. The summed E-state index contributed by atoms with van der Waals surface area (Å²) in [7, 11) is 4.21. The molecule has 0 saturated carbocycles. The summed E-state index contributed by atoms with van der Waals surface area (Å²) in [5.74, 6) is 0. The lowest BCUT2D eigenvalue weighted by Crippen LogP contribution is -2.46. The first kappa shape index (κ1) is 12.0. The summed E-state index contributed by atoms with van der Waals surface area (Å²) in [5.41, 5.74) is 0.400. The van der Waals surface area contributed by atoms with Gasteiger partial charge < -0.3 is 0 Å². The number of hydrogen-bond acceptors (Lipinski definition) is 2. The lowest BCUT2D eigenvalue weighted by molar-refractivity contribution is 0.206. The summed E-state index contributed by atoms with van der Waals surface area (Å²) in [6.07, 6.45) is 0. The van der Waals surface area contributed by atoms with Gasteiger partial charge in [0.25, 0.3) is 0 Å². The summed E-state index contributed by atoms with van der Waals surface area (Å²) in [6.45, 7) is 7.05. The first-order valence-corrected chi connectivity index (χ1v) is 7.02. The van der Waals surface area contributed by atoms with E-state index in [1.165, 1.54) is 18.4 Å². The van der Waals surface area contributed by atoms with Gasteiger partial charge in [-0.2, -0.15) is 0 Å². The molecule has 1 aliphatic rings. The van der Waals surface area contributed by atoms with Gasteiger partial charge in [-0.15, -0.1) is 0 Å². The Hall–Kier alpha value is -0.430. The Bertz CT molecular complexity index is 336. The monoisotopic (exact) mass is 236 g/mol. The van der Waals surface area contributed by atoms with Crippen LogP contribution in [0.4, 0.5) is 0 Å². The average molecular weight is 236 g/mol. The van der Waals surface area contributed by atoms with E-state index in [1.807, 2.05) is 0 Å². The molecule has 0 aliphatic carbocycles. The maximum atomic E-state index is 2.51. The van der Waals surface area contributed by atoms with Crippen LogP contribution in [0.2, 0.25) is 0 Å².